The third kappa shape index (κ3) is 5.41. The first-order valence-corrected chi connectivity index (χ1v) is 8.37. The van der Waals surface area contributed by atoms with E-state index in [9.17, 15) is 22.8 Å². The normalized spacial score (nSPS) is 11.7. The van der Waals surface area contributed by atoms with Crippen LogP contribution in [-0.4, -0.2) is 26.7 Å². The number of Topliss-reactive ketones (excluding diaryl/α,β-unsaturated/α-hetero) is 1. The highest BCUT2D eigenvalue weighted by Gasteiger charge is 2.29. The summed E-state index contributed by atoms with van der Waals surface area (Å²) in [6.45, 7) is 1.56. The Kier molecular flexibility index (Phi) is 5.62. The molecule has 0 radical (unpaired) electrons. The largest absolute Gasteiger partial charge is 0.456 e. The molecule has 0 saturated carbocycles. The Morgan fingerprint density at radius 3 is 2.52 bits per heavy atom. The number of carbonyl (C=O) groups excluding carboxylic acids is 2. The molecule has 0 aliphatic carbocycles. The van der Waals surface area contributed by atoms with Crippen molar-refractivity contribution in [2.45, 2.75) is 19.6 Å². The number of carbonyl (C=O) groups is 2. The van der Waals surface area contributed by atoms with Crippen LogP contribution in [-0.2, 0) is 17.5 Å². The van der Waals surface area contributed by atoms with Crippen molar-refractivity contribution >= 4 is 23.6 Å². The smallest absolute Gasteiger partial charge is 0.416 e. The lowest BCUT2D eigenvalue weighted by atomic mass is 10.1. The highest BCUT2D eigenvalue weighted by Crippen LogP contribution is 2.29. The molecule has 29 heavy (non-hydrogen) atoms. The van der Waals surface area contributed by atoms with Crippen LogP contribution in [0.4, 0.5) is 19.0 Å². The Bertz CT molecular complexity index is 1050. The number of alkyl halides is 3. The van der Waals surface area contributed by atoms with Gasteiger partial charge in [0.2, 0.25) is 5.91 Å². The van der Waals surface area contributed by atoms with E-state index in [0.717, 1.165) is 12.1 Å². The van der Waals surface area contributed by atoms with Gasteiger partial charge in [0.15, 0.2) is 17.4 Å². The molecule has 7 nitrogen and oxygen atoms in total. The molecule has 0 atom stereocenters. The predicted octanol–water partition coefficient (Wildman–Crippen LogP) is 3.79. The standard InChI is InChI=1S/C19H15F3N4O3/c1-12(27)16-8-7-15(29-16)11-26-23-10-17(25-26)24-18(28)9-4-13-2-5-14(6-3-13)19(20,21)22/h2-10H,11H2,1H3,(H,24,25,28)/b9-4+. The summed E-state index contributed by atoms with van der Waals surface area (Å²) in [5.41, 5.74) is -0.321. The van der Waals surface area contributed by atoms with Crippen LogP contribution in [0.15, 0.2) is 53.1 Å². The van der Waals surface area contributed by atoms with Crippen molar-refractivity contribution in [2.24, 2.45) is 0 Å². The van der Waals surface area contributed by atoms with Gasteiger partial charge < -0.3 is 9.73 Å². The predicted molar refractivity (Wildman–Crippen MR) is 96.9 cm³/mol. The number of ketones is 1. The summed E-state index contributed by atoms with van der Waals surface area (Å²) in [5.74, 6) is 0.177. The SMILES string of the molecule is CC(=O)c1ccc(Cn2ncc(NC(=O)/C=C/c3ccc(C(F)(F)F)cc3)n2)o1. The Morgan fingerprint density at radius 1 is 1.17 bits per heavy atom. The number of furan rings is 1. The van der Waals surface area contributed by atoms with Crippen LogP contribution in [0.2, 0.25) is 0 Å². The van der Waals surface area contributed by atoms with Crippen LogP contribution in [0.5, 0.6) is 0 Å². The van der Waals surface area contributed by atoms with Gasteiger partial charge in [-0.15, -0.1) is 5.10 Å². The number of amides is 1. The number of anilines is 1. The van der Waals surface area contributed by atoms with Crippen molar-refractivity contribution in [2.75, 3.05) is 5.32 Å². The summed E-state index contributed by atoms with van der Waals surface area (Å²) >= 11 is 0. The third-order valence-electron chi connectivity index (χ3n) is 3.76. The van der Waals surface area contributed by atoms with Crippen molar-refractivity contribution in [3.63, 3.8) is 0 Å². The second-order valence-electron chi connectivity index (χ2n) is 6.02. The molecule has 0 fully saturated rings. The molecule has 1 amide bonds. The second-order valence-corrected chi connectivity index (χ2v) is 6.02. The molecule has 2 heterocycles. The van der Waals surface area contributed by atoms with Crippen LogP contribution < -0.4 is 5.32 Å². The Hall–Kier alpha value is -3.69. The number of benzene rings is 1. The molecule has 0 saturated heterocycles. The van der Waals surface area contributed by atoms with Gasteiger partial charge in [-0.1, -0.05) is 12.1 Å². The van der Waals surface area contributed by atoms with Gasteiger partial charge >= 0.3 is 6.18 Å². The topological polar surface area (TPSA) is 90.0 Å². The van der Waals surface area contributed by atoms with E-state index in [2.05, 4.69) is 15.5 Å². The first-order valence-electron chi connectivity index (χ1n) is 8.37. The Balaban J connectivity index is 1.57. The fourth-order valence-electron chi connectivity index (χ4n) is 2.35. The maximum Gasteiger partial charge on any atom is 0.416 e. The number of hydrogen-bond donors (Lipinski definition) is 1. The van der Waals surface area contributed by atoms with Crippen LogP contribution in [0.1, 0.15) is 34.4 Å². The summed E-state index contributed by atoms with van der Waals surface area (Å²) in [4.78, 5) is 24.4. The van der Waals surface area contributed by atoms with Gasteiger partial charge in [0, 0.05) is 13.0 Å². The lowest BCUT2D eigenvalue weighted by Crippen LogP contribution is -2.09. The lowest BCUT2D eigenvalue weighted by Gasteiger charge is -2.05. The summed E-state index contributed by atoms with van der Waals surface area (Å²) in [6.07, 6.45) is -0.521. The summed E-state index contributed by atoms with van der Waals surface area (Å²) in [6, 6.07) is 7.59. The van der Waals surface area contributed by atoms with Crippen molar-refractivity contribution in [1.82, 2.24) is 15.0 Å². The third-order valence-corrected chi connectivity index (χ3v) is 3.76. The molecule has 0 bridgehead atoms. The van der Waals surface area contributed by atoms with E-state index >= 15 is 0 Å². The van der Waals surface area contributed by atoms with Crippen LogP contribution in [0.3, 0.4) is 0 Å². The van der Waals surface area contributed by atoms with Crippen molar-refractivity contribution < 1.29 is 27.2 Å². The van der Waals surface area contributed by atoms with Crippen LogP contribution in [0.25, 0.3) is 6.08 Å². The van der Waals surface area contributed by atoms with Crippen LogP contribution >= 0.6 is 0 Å². The minimum absolute atomic E-state index is 0.171. The molecule has 0 spiro atoms. The zero-order chi connectivity index (χ0) is 21.0. The van der Waals surface area contributed by atoms with Crippen molar-refractivity contribution in [3.8, 4) is 0 Å². The lowest BCUT2D eigenvalue weighted by molar-refractivity contribution is -0.137. The molecule has 3 rings (SSSR count). The zero-order valence-corrected chi connectivity index (χ0v) is 15.1. The minimum Gasteiger partial charge on any atom is -0.456 e. The van der Waals surface area contributed by atoms with Gasteiger partial charge in [-0.05, 0) is 35.9 Å². The highest BCUT2D eigenvalue weighted by atomic mass is 19.4. The molecular formula is C19H15F3N4O3. The van der Waals surface area contributed by atoms with Crippen molar-refractivity contribution in [3.05, 3.63) is 71.3 Å². The molecule has 0 aliphatic rings. The number of hydrogen-bond acceptors (Lipinski definition) is 5. The first kappa shape index (κ1) is 20.1. The summed E-state index contributed by atoms with van der Waals surface area (Å²) in [7, 11) is 0. The highest BCUT2D eigenvalue weighted by molar-refractivity contribution is 6.01. The van der Waals surface area contributed by atoms with Gasteiger partial charge in [-0.3, -0.25) is 9.59 Å². The van der Waals surface area contributed by atoms with Gasteiger partial charge in [-0.25, -0.2) is 0 Å². The monoisotopic (exact) mass is 404 g/mol. The average Bonchev–Trinajstić information content (AvgIpc) is 3.30. The van der Waals surface area contributed by atoms with Crippen molar-refractivity contribution in [1.29, 1.82) is 0 Å². The van der Waals surface area contributed by atoms with Gasteiger partial charge in [0.05, 0.1) is 11.8 Å². The molecular weight excluding hydrogens is 389 g/mol. The van der Waals surface area contributed by atoms with Crippen LogP contribution in [0, 0.1) is 0 Å². The van der Waals surface area contributed by atoms with Gasteiger partial charge in [0.1, 0.15) is 12.3 Å². The quantitative estimate of drug-likeness (QED) is 0.499. The molecule has 10 heteroatoms. The summed E-state index contributed by atoms with van der Waals surface area (Å²) in [5, 5.41) is 10.5. The maximum atomic E-state index is 12.5. The summed E-state index contributed by atoms with van der Waals surface area (Å²) < 4.78 is 42.9. The maximum absolute atomic E-state index is 12.5. The van der Waals surface area contributed by atoms with E-state index < -0.39 is 17.6 Å². The number of nitrogens with zero attached hydrogens (tertiary/aromatic N) is 3. The van der Waals surface area contributed by atoms with E-state index in [1.54, 1.807) is 12.1 Å². The molecule has 2 aromatic heterocycles. The fraction of sp³-hybridized carbons (Fsp3) is 0.158. The van der Waals surface area contributed by atoms with Gasteiger partial charge in [-0.2, -0.15) is 23.1 Å². The number of halogens is 3. The van der Waals surface area contributed by atoms with E-state index in [0.29, 0.717) is 11.3 Å². The van der Waals surface area contributed by atoms with E-state index in [4.69, 9.17) is 4.42 Å². The Morgan fingerprint density at radius 2 is 1.90 bits per heavy atom. The fourth-order valence-corrected chi connectivity index (χ4v) is 2.35. The van der Waals surface area contributed by atoms with Gasteiger partial charge in [0.25, 0.3) is 0 Å². The molecule has 150 valence electrons. The number of rotatable bonds is 6. The Labute approximate surface area is 162 Å². The number of nitrogens with one attached hydrogen (secondary N) is 1. The zero-order valence-electron chi connectivity index (χ0n) is 15.1. The molecule has 0 unspecified atom stereocenters. The minimum atomic E-state index is -4.41. The first-order chi connectivity index (χ1) is 13.7. The van der Waals surface area contributed by atoms with E-state index in [1.165, 1.54) is 42.2 Å². The molecule has 3 aromatic rings. The van der Waals surface area contributed by atoms with E-state index in [-0.39, 0.29) is 23.9 Å². The average molecular weight is 404 g/mol. The molecule has 0 aliphatic heterocycles. The molecule has 1 N–H and O–H groups in total. The molecule has 1 aromatic carbocycles. The van der Waals surface area contributed by atoms with E-state index in [1.807, 2.05) is 0 Å². The number of aromatic nitrogens is 3. The second kappa shape index (κ2) is 8.13.